The molecule has 28 heavy (non-hydrogen) atoms. The van der Waals surface area contributed by atoms with E-state index >= 15 is 0 Å². The number of nitrogens with zero attached hydrogens (tertiary/aromatic N) is 1. The quantitative estimate of drug-likeness (QED) is 0.389. The van der Waals surface area contributed by atoms with Crippen molar-refractivity contribution in [1.82, 2.24) is 4.90 Å². The van der Waals surface area contributed by atoms with Crippen molar-refractivity contribution in [1.29, 1.82) is 0 Å². The van der Waals surface area contributed by atoms with Crippen LogP contribution >= 0.6 is 47.2 Å². The van der Waals surface area contributed by atoms with E-state index < -0.39 is 5.97 Å². The lowest BCUT2D eigenvalue weighted by Gasteiger charge is -2.16. The molecule has 0 atom stereocenters. The number of esters is 1. The number of hydrogen-bond acceptors (Lipinski definition) is 6. The summed E-state index contributed by atoms with van der Waals surface area (Å²) in [6.07, 6.45) is 1.70. The number of carbonyl (C=O) groups excluding carboxylic acids is 2. The number of thiocarbonyl (C=S) groups is 1. The number of benzene rings is 2. The average Bonchev–Trinajstić information content (AvgIpc) is 2.95. The van der Waals surface area contributed by atoms with E-state index in [1.807, 2.05) is 0 Å². The van der Waals surface area contributed by atoms with Gasteiger partial charge in [-0.3, -0.25) is 9.69 Å². The number of nitrogens with one attached hydrogen (secondary N) is 1. The summed E-state index contributed by atoms with van der Waals surface area (Å²) in [7, 11) is 1.33. The number of ether oxygens (including phenoxy) is 1. The maximum Gasteiger partial charge on any atom is 0.337 e. The Balaban J connectivity index is 1.68. The Kier molecular flexibility index (Phi) is 6.61. The second kappa shape index (κ2) is 8.96. The standard InChI is InChI=1S/C19H14Cl2N2O3S2/c1-26-18(25)11-3-6-14(7-4-11)22-10-23-17(24)16(28-19(23)27)8-12-2-5-13(20)9-15(12)21/h2-9,22H,10H2,1H3. The van der Waals surface area contributed by atoms with Crippen molar-refractivity contribution in [2.24, 2.45) is 0 Å². The van der Waals surface area contributed by atoms with E-state index in [0.29, 0.717) is 30.4 Å². The van der Waals surface area contributed by atoms with Crippen LogP contribution in [0.2, 0.25) is 10.0 Å². The van der Waals surface area contributed by atoms with Gasteiger partial charge >= 0.3 is 5.97 Å². The molecule has 9 heteroatoms. The largest absolute Gasteiger partial charge is 0.465 e. The molecule has 0 unspecified atom stereocenters. The smallest absolute Gasteiger partial charge is 0.337 e. The second-order valence-electron chi connectivity index (χ2n) is 5.68. The van der Waals surface area contributed by atoms with E-state index in [2.05, 4.69) is 10.1 Å². The van der Waals surface area contributed by atoms with Gasteiger partial charge in [-0.15, -0.1) is 0 Å². The van der Waals surface area contributed by atoms with Crippen LogP contribution in [-0.4, -0.2) is 34.9 Å². The summed E-state index contributed by atoms with van der Waals surface area (Å²) in [5.74, 6) is -0.616. The summed E-state index contributed by atoms with van der Waals surface area (Å²) in [6, 6.07) is 11.8. The topological polar surface area (TPSA) is 58.6 Å². The molecule has 0 bridgehead atoms. The van der Waals surface area contributed by atoms with Crippen molar-refractivity contribution >= 4 is 75.1 Å². The van der Waals surface area contributed by atoms with Crippen molar-refractivity contribution in [3.8, 4) is 0 Å². The third-order valence-corrected chi connectivity index (χ3v) is 5.81. The van der Waals surface area contributed by atoms with Gasteiger partial charge in [0.25, 0.3) is 5.91 Å². The zero-order chi connectivity index (χ0) is 20.3. The molecule has 0 aliphatic carbocycles. The Morgan fingerprint density at radius 1 is 1.25 bits per heavy atom. The van der Waals surface area contributed by atoms with E-state index in [1.165, 1.54) is 23.8 Å². The Morgan fingerprint density at radius 2 is 1.96 bits per heavy atom. The van der Waals surface area contributed by atoms with Gasteiger partial charge in [-0.05, 0) is 48.0 Å². The second-order valence-corrected chi connectivity index (χ2v) is 8.20. The van der Waals surface area contributed by atoms with Crippen molar-refractivity contribution in [2.45, 2.75) is 0 Å². The van der Waals surface area contributed by atoms with E-state index in [1.54, 1.807) is 48.5 Å². The molecule has 144 valence electrons. The molecule has 2 aromatic rings. The van der Waals surface area contributed by atoms with Gasteiger partial charge in [0.05, 0.1) is 24.2 Å². The van der Waals surface area contributed by atoms with E-state index in [-0.39, 0.29) is 12.6 Å². The maximum absolute atomic E-state index is 12.7. The lowest BCUT2D eigenvalue weighted by atomic mass is 10.2. The number of carbonyl (C=O) groups is 2. The van der Waals surface area contributed by atoms with Crippen LogP contribution in [0.25, 0.3) is 6.08 Å². The minimum Gasteiger partial charge on any atom is -0.465 e. The van der Waals surface area contributed by atoms with E-state index in [9.17, 15) is 9.59 Å². The van der Waals surface area contributed by atoms with E-state index in [4.69, 9.17) is 35.4 Å². The predicted molar refractivity (Wildman–Crippen MR) is 118 cm³/mol. The van der Waals surface area contributed by atoms with E-state index in [0.717, 1.165) is 5.69 Å². The fourth-order valence-electron chi connectivity index (χ4n) is 2.41. The van der Waals surface area contributed by atoms with Crippen LogP contribution in [0.5, 0.6) is 0 Å². The highest BCUT2D eigenvalue weighted by Crippen LogP contribution is 2.34. The first-order chi connectivity index (χ1) is 13.4. The van der Waals surface area contributed by atoms with Crippen LogP contribution in [0.3, 0.4) is 0 Å². The first kappa shape index (κ1) is 20.7. The molecule has 0 spiro atoms. The summed E-state index contributed by atoms with van der Waals surface area (Å²) in [5.41, 5.74) is 1.88. The van der Waals surface area contributed by atoms with Crippen molar-refractivity contribution in [3.63, 3.8) is 0 Å². The molecule has 3 rings (SSSR count). The van der Waals surface area contributed by atoms with Crippen molar-refractivity contribution < 1.29 is 14.3 Å². The molecule has 2 aromatic carbocycles. The van der Waals surface area contributed by atoms with Gasteiger partial charge < -0.3 is 10.1 Å². The van der Waals surface area contributed by atoms with Gasteiger partial charge in [-0.2, -0.15) is 0 Å². The molecule has 0 aromatic heterocycles. The predicted octanol–water partition coefficient (Wildman–Crippen LogP) is 5.05. The highest BCUT2D eigenvalue weighted by Gasteiger charge is 2.31. The molecular weight excluding hydrogens is 439 g/mol. The molecule has 1 saturated heterocycles. The van der Waals surface area contributed by atoms with Gasteiger partial charge in [0.2, 0.25) is 0 Å². The lowest BCUT2D eigenvalue weighted by molar-refractivity contribution is -0.121. The molecular formula is C19H14Cl2N2O3S2. The fourth-order valence-corrected chi connectivity index (χ4v) is 4.12. The minimum absolute atomic E-state index is 0.202. The SMILES string of the molecule is COC(=O)c1ccc(NCN2C(=O)C(=Cc3ccc(Cl)cc3Cl)SC2=S)cc1. The maximum atomic E-state index is 12.7. The Labute approximate surface area is 181 Å². The third-order valence-electron chi connectivity index (χ3n) is 3.87. The highest BCUT2D eigenvalue weighted by molar-refractivity contribution is 8.26. The van der Waals surface area contributed by atoms with Crippen molar-refractivity contribution in [3.05, 3.63) is 68.5 Å². The highest BCUT2D eigenvalue weighted by atomic mass is 35.5. The van der Waals surface area contributed by atoms with Crippen LogP contribution < -0.4 is 5.32 Å². The molecule has 1 amide bonds. The van der Waals surface area contributed by atoms with Crippen LogP contribution in [0, 0.1) is 0 Å². The third kappa shape index (κ3) is 4.67. The lowest BCUT2D eigenvalue weighted by Crippen LogP contribution is -2.33. The monoisotopic (exact) mass is 452 g/mol. The summed E-state index contributed by atoms with van der Waals surface area (Å²) in [5, 5.41) is 4.10. The zero-order valence-electron chi connectivity index (χ0n) is 14.6. The van der Waals surface area contributed by atoms with Crippen molar-refractivity contribution in [2.75, 3.05) is 19.1 Å². The minimum atomic E-state index is -0.408. The number of rotatable bonds is 5. The Morgan fingerprint density at radius 3 is 2.61 bits per heavy atom. The van der Waals surface area contributed by atoms with Crippen LogP contribution in [-0.2, 0) is 9.53 Å². The Bertz CT molecular complexity index is 978. The molecule has 5 nitrogen and oxygen atoms in total. The summed E-state index contributed by atoms with van der Waals surface area (Å²) < 4.78 is 5.11. The Hall–Kier alpha value is -2.06. The summed E-state index contributed by atoms with van der Waals surface area (Å²) in [6.45, 7) is 0.202. The first-order valence-electron chi connectivity index (χ1n) is 8.01. The number of anilines is 1. The average molecular weight is 453 g/mol. The number of methoxy groups -OCH3 is 1. The van der Waals surface area contributed by atoms with Gasteiger partial charge in [0.15, 0.2) is 0 Å². The molecule has 0 saturated carbocycles. The van der Waals surface area contributed by atoms with Gasteiger partial charge in [0, 0.05) is 15.7 Å². The first-order valence-corrected chi connectivity index (χ1v) is 10.00. The molecule has 1 N–H and O–H groups in total. The van der Waals surface area contributed by atoms with Gasteiger partial charge in [-0.25, -0.2) is 4.79 Å². The number of amides is 1. The summed E-state index contributed by atoms with van der Waals surface area (Å²) in [4.78, 5) is 26.1. The zero-order valence-corrected chi connectivity index (χ0v) is 17.7. The molecule has 1 aliphatic rings. The molecule has 1 heterocycles. The van der Waals surface area contributed by atoms with Crippen LogP contribution in [0.1, 0.15) is 15.9 Å². The molecule has 1 fully saturated rings. The van der Waals surface area contributed by atoms with Crippen LogP contribution in [0.15, 0.2) is 47.4 Å². The molecule has 0 radical (unpaired) electrons. The van der Waals surface area contributed by atoms with Gasteiger partial charge in [-0.1, -0.05) is 53.2 Å². The normalized spacial score (nSPS) is 15.2. The summed E-state index contributed by atoms with van der Waals surface area (Å²) >= 11 is 18.6. The molecule has 1 aliphatic heterocycles. The number of thioether (sulfide) groups is 1. The number of halogens is 2. The van der Waals surface area contributed by atoms with Crippen LogP contribution in [0.4, 0.5) is 5.69 Å². The van der Waals surface area contributed by atoms with Gasteiger partial charge in [0.1, 0.15) is 4.32 Å². The fraction of sp³-hybridized carbons (Fsp3) is 0.105. The number of hydrogen-bond donors (Lipinski definition) is 1.